The second kappa shape index (κ2) is 9.87. The van der Waals surface area contributed by atoms with Crippen LogP contribution in [0.15, 0.2) is 66.6 Å². The molecule has 0 atom stereocenters. The summed E-state index contributed by atoms with van der Waals surface area (Å²) in [6.45, 7) is 0.229. The van der Waals surface area contributed by atoms with Crippen LogP contribution in [0.2, 0.25) is 0 Å². The predicted octanol–water partition coefficient (Wildman–Crippen LogP) is 4.36. The molecule has 0 saturated carbocycles. The average molecular weight is 493 g/mol. The number of hydrogen-bond donors (Lipinski definition) is 2. The summed E-state index contributed by atoms with van der Waals surface area (Å²) in [5.41, 5.74) is 5.07. The van der Waals surface area contributed by atoms with Crippen LogP contribution >= 0.6 is 0 Å². The molecule has 5 aromatic rings. The zero-order chi connectivity index (χ0) is 25.9. The summed E-state index contributed by atoms with van der Waals surface area (Å²) in [7, 11) is 5.02. The third-order valence-electron chi connectivity index (χ3n) is 6.20. The molecule has 3 aromatic heterocycles. The Kier molecular flexibility index (Phi) is 6.31. The van der Waals surface area contributed by atoms with Gasteiger partial charge >= 0.3 is 0 Å². The Morgan fingerprint density at radius 3 is 2.78 bits per heavy atom. The molecule has 9 heteroatoms. The highest BCUT2D eigenvalue weighted by molar-refractivity contribution is 6.04. The average Bonchev–Trinajstić information content (AvgIpc) is 3.52. The first-order valence-corrected chi connectivity index (χ1v) is 11.5. The van der Waals surface area contributed by atoms with Gasteiger partial charge in [0.1, 0.15) is 17.3 Å². The number of aromatic nitrogens is 4. The fourth-order valence-corrected chi connectivity index (χ4v) is 4.33. The lowest BCUT2D eigenvalue weighted by Gasteiger charge is -2.10. The number of hydrogen-bond acceptors (Lipinski definition) is 6. The number of ether oxygens (including phenoxy) is 2. The van der Waals surface area contributed by atoms with E-state index in [0.717, 1.165) is 33.0 Å². The van der Waals surface area contributed by atoms with E-state index >= 15 is 0 Å². The zero-order valence-electron chi connectivity index (χ0n) is 20.6. The topological polar surface area (TPSA) is 118 Å². The maximum absolute atomic E-state index is 12.8. The number of nitrogens with one attached hydrogen (secondary N) is 2. The second-order valence-corrected chi connectivity index (χ2v) is 8.42. The van der Waals surface area contributed by atoms with Crippen molar-refractivity contribution in [2.45, 2.75) is 6.54 Å². The minimum atomic E-state index is -0.476. The van der Waals surface area contributed by atoms with E-state index in [1.54, 1.807) is 44.8 Å². The molecule has 0 radical (unpaired) electrons. The van der Waals surface area contributed by atoms with Crippen molar-refractivity contribution in [1.82, 2.24) is 25.1 Å². The predicted molar refractivity (Wildman–Crippen MR) is 141 cm³/mol. The lowest BCUT2D eigenvalue weighted by molar-refractivity contribution is -0.117. The van der Waals surface area contributed by atoms with Crippen molar-refractivity contribution in [3.8, 4) is 28.7 Å². The molecule has 3 heterocycles. The summed E-state index contributed by atoms with van der Waals surface area (Å²) in [6, 6.07) is 15.4. The number of amides is 1. The fourth-order valence-electron chi connectivity index (χ4n) is 4.33. The van der Waals surface area contributed by atoms with Gasteiger partial charge in [-0.25, -0.2) is 4.98 Å². The zero-order valence-corrected chi connectivity index (χ0v) is 20.6. The number of nitrogens with zero attached hydrogens (tertiary/aromatic N) is 4. The van der Waals surface area contributed by atoms with E-state index < -0.39 is 5.91 Å². The molecule has 1 amide bonds. The van der Waals surface area contributed by atoms with Gasteiger partial charge in [-0.05, 0) is 29.8 Å². The van der Waals surface area contributed by atoms with Crippen LogP contribution in [0.5, 0.6) is 11.5 Å². The van der Waals surface area contributed by atoms with Crippen molar-refractivity contribution in [3.05, 3.63) is 77.8 Å². The smallest absolute Gasteiger partial charge is 0.262 e. The van der Waals surface area contributed by atoms with E-state index in [4.69, 9.17) is 9.47 Å². The van der Waals surface area contributed by atoms with E-state index in [9.17, 15) is 10.1 Å². The lowest BCUT2D eigenvalue weighted by Crippen LogP contribution is -2.24. The van der Waals surface area contributed by atoms with Crippen LogP contribution in [0, 0.1) is 11.3 Å². The number of para-hydroxylation sites is 1. The number of methoxy groups -OCH3 is 2. The summed E-state index contributed by atoms with van der Waals surface area (Å²) in [5, 5.41) is 18.7. The molecule has 2 N–H and O–H groups in total. The molecule has 0 aliphatic heterocycles. The normalized spacial score (nSPS) is 11.5. The first-order chi connectivity index (χ1) is 18.0. The lowest BCUT2D eigenvalue weighted by atomic mass is 10.0. The van der Waals surface area contributed by atoms with Gasteiger partial charge in [0.05, 0.1) is 25.9 Å². The SMILES string of the molecule is COc1ccc(CNC(=O)/C(C#N)=C/c2c[nH]c3ncc(-c4cccc5cnn(C)c45)cc23)cc1OC. The summed E-state index contributed by atoms with van der Waals surface area (Å²) < 4.78 is 12.4. The molecule has 0 saturated heterocycles. The largest absolute Gasteiger partial charge is 0.493 e. The monoisotopic (exact) mass is 492 g/mol. The van der Waals surface area contributed by atoms with Crippen molar-refractivity contribution in [3.63, 3.8) is 0 Å². The molecular formula is C28H24N6O3. The summed E-state index contributed by atoms with van der Waals surface area (Å²) >= 11 is 0. The van der Waals surface area contributed by atoms with E-state index in [2.05, 4.69) is 20.4 Å². The van der Waals surface area contributed by atoms with Gasteiger partial charge in [-0.2, -0.15) is 10.4 Å². The number of rotatable bonds is 7. The van der Waals surface area contributed by atoms with Crippen molar-refractivity contribution < 1.29 is 14.3 Å². The van der Waals surface area contributed by atoms with Gasteiger partial charge < -0.3 is 19.8 Å². The third kappa shape index (κ3) is 4.48. The van der Waals surface area contributed by atoms with Crippen LogP contribution in [0.1, 0.15) is 11.1 Å². The van der Waals surface area contributed by atoms with Crippen LogP contribution in [0.25, 0.3) is 39.1 Å². The highest BCUT2D eigenvalue weighted by Gasteiger charge is 2.14. The van der Waals surface area contributed by atoms with E-state index in [-0.39, 0.29) is 12.1 Å². The summed E-state index contributed by atoms with van der Waals surface area (Å²) in [5.74, 6) is 0.687. The number of benzene rings is 2. The van der Waals surface area contributed by atoms with Crippen LogP contribution in [0.3, 0.4) is 0 Å². The molecule has 37 heavy (non-hydrogen) atoms. The highest BCUT2D eigenvalue weighted by Crippen LogP contribution is 2.31. The van der Waals surface area contributed by atoms with Gasteiger partial charge in [0.15, 0.2) is 11.5 Å². The third-order valence-corrected chi connectivity index (χ3v) is 6.20. The Hall–Kier alpha value is -5.10. The van der Waals surface area contributed by atoms with Crippen molar-refractivity contribution >= 4 is 33.9 Å². The Balaban J connectivity index is 1.43. The van der Waals surface area contributed by atoms with Gasteiger partial charge in [-0.1, -0.05) is 24.3 Å². The van der Waals surface area contributed by atoms with E-state index in [1.165, 1.54) is 0 Å². The Labute approximate surface area is 213 Å². The fraction of sp³-hybridized carbons (Fsp3) is 0.143. The molecule has 5 rings (SSSR count). The number of carbonyl (C=O) groups is 1. The van der Waals surface area contributed by atoms with Crippen molar-refractivity contribution in [2.24, 2.45) is 7.05 Å². The Morgan fingerprint density at radius 2 is 2.00 bits per heavy atom. The number of aryl methyl sites for hydroxylation is 1. The number of carbonyl (C=O) groups excluding carboxylic acids is 1. The maximum atomic E-state index is 12.8. The molecule has 0 unspecified atom stereocenters. The maximum Gasteiger partial charge on any atom is 0.262 e. The standard InChI is InChI=1S/C28H24N6O3/c1-34-26-18(16-33-34)5-4-6-22(26)21-11-23-20(14-30-27(23)31-15-21)10-19(12-29)28(35)32-13-17-7-8-24(36-2)25(9-17)37-3/h4-11,14-16H,13H2,1-3H3,(H,30,31)(H,32,35)/b19-10+. The van der Waals surface area contributed by atoms with E-state index in [1.807, 2.05) is 54.3 Å². The van der Waals surface area contributed by atoms with Gasteiger partial charge in [0.2, 0.25) is 0 Å². The number of aromatic amines is 1. The summed E-state index contributed by atoms with van der Waals surface area (Å²) in [6.07, 6.45) is 6.94. The molecule has 0 aliphatic rings. The molecular weight excluding hydrogens is 468 g/mol. The first kappa shape index (κ1) is 23.6. The van der Waals surface area contributed by atoms with Crippen LogP contribution in [0.4, 0.5) is 0 Å². The van der Waals surface area contributed by atoms with E-state index in [0.29, 0.717) is 22.7 Å². The molecule has 9 nitrogen and oxygen atoms in total. The Morgan fingerprint density at radius 1 is 1.16 bits per heavy atom. The number of fused-ring (bicyclic) bond motifs is 2. The van der Waals surface area contributed by atoms with Gasteiger partial charge in [0, 0.05) is 53.4 Å². The number of nitriles is 1. The van der Waals surface area contributed by atoms with Gasteiger partial charge in [-0.3, -0.25) is 9.48 Å². The molecule has 0 fully saturated rings. The second-order valence-electron chi connectivity index (χ2n) is 8.42. The minimum absolute atomic E-state index is 0.0134. The number of pyridine rings is 1. The summed E-state index contributed by atoms with van der Waals surface area (Å²) in [4.78, 5) is 20.5. The highest BCUT2D eigenvalue weighted by atomic mass is 16.5. The van der Waals surface area contributed by atoms with Crippen molar-refractivity contribution in [2.75, 3.05) is 14.2 Å². The molecule has 0 aliphatic carbocycles. The van der Waals surface area contributed by atoms with Crippen LogP contribution in [-0.2, 0) is 18.4 Å². The molecule has 184 valence electrons. The van der Waals surface area contributed by atoms with Gasteiger partial charge in [0.25, 0.3) is 5.91 Å². The number of H-pyrrole nitrogens is 1. The van der Waals surface area contributed by atoms with Crippen LogP contribution in [-0.4, -0.2) is 39.9 Å². The van der Waals surface area contributed by atoms with Crippen molar-refractivity contribution in [1.29, 1.82) is 5.26 Å². The molecule has 2 aromatic carbocycles. The molecule has 0 bridgehead atoms. The molecule has 0 spiro atoms. The van der Waals surface area contributed by atoms with Crippen LogP contribution < -0.4 is 14.8 Å². The Bertz CT molecular complexity index is 1710. The van der Waals surface area contributed by atoms with Gasteiger partial charge in [-0.15, -0.1) is 0 Å². The minimum Gasteiger partial charge on any atom is -0.493 e. The first-order valence-electron chi connectivity index (χ1n) is 11.5. The quantitative estimate of drug-likeness (QED) is 0.258.